The standard InChI is InChI=1S/C16H19Cl2N5O2/c1-22-13-14(21-16(22)19-5-2-6-24)20-9-23(15(13)25)8-10-3-4-11(17)12(18)7-10/h3-4,7,9,13-14,24H,2,5-6,8H2,1H3,(H,19,21). The average Bonchev–Trinajstić information content (AvgIpc) is 2.91. The van der Waals surface area contributed by atoms with Crippen molar-refractivity contribution in [3.8, 4) is 0 Å². The first-order valence-electron chi connectivity index (χ1n) is 7.93. The normalized spacial score (nSPS) is 24.0. The highest BCUT2D eigenvalue weighted by atomic mass is 35.5. The molecule has 1 aromatic carbocycles. The van der Waals surface area contributed by atoms with E-state index in [0.717, 1.165) is 5.56 Å². The van der Waals surface area contributed by atoms with Crippen LogP contribution < -0.4 is 5.32 Å². The second-order valence-corrected chi connectivity index (χ2v) is 6.72. The molecule has 7 nitrogen and oxygen atoms in total. The molecule has 2 N–H and O–H groups in total. The van der Waals surface area contributed by atoms with E-state index in [1.165, 1.54) is 0 Å². The number of carbonyl (C=O) groups is 1. The lowest BCUT2D eigenvalue weighted by Gasteiger charge is -2.30. The number of aliphatic hydroxyl groups excluding tert-OH is 1. The maximum Gasteiger partial charge on any atom is 0.254 e. The SMILES string of the molecule is CN1C(=NCCCO)NC2N=CN(Cc3ccc(Cl)c(Cl)c3)C(=O)C21. The molecule has 2 atom stereocenters. The Hall–Kier alpha value is -1.83. The number of halogens is 2. The molecule has 2 heterocycles. The number of rotatable bonds is 5. The van der Waals surface area contributed by atoms with Gasteiger partial charge in [-0.25, -0.2) is 4.99 Å². The van der Waals surface area contributed by atoms with Gasteiger partial charge in [-0.1, -0.05) is 29.3 Å². The van der Waals surface area contributed by atoms with Crippen LogP contribution in [0, 0.1) is 0 Å². The number of aliphatic imine (C=N–C) groups is 2. The van der Waals surface area contributed by atoms with E-state index < -0.39 is 6.04 Å². The lowest BCUT2D eigenvalue weighted by Crippen LogP contribution is -2.51. The summed E-state index contributed by atoms with van der Waals surface area (Å²) in [5, 5.41) is 12.9. The fourth-order valence-corrected chi connectivity index (χ4v) is 3.14. The number of carbonyl (C=O) groups excluding carboxylic acids is 1. The Morgan fingerprint density at radius 1 is 1.36 bits per heavy atom. The summed E-state index contributed by atoms with van der Waals surface area (Å²) in [5.74, 6) is 0.554. The summed E-state index contributed by atoms with van der Waals surface area (Å²) >= 11 is 12.0. The number of hydrogen-bond donors (Lipinski definition) is 2. The van der Waals surface area contributed by atoms with Crippen molar-refractivity contribution in [2.24, 2.45) is 9.98 Å². The van der Waals surface area contributed by atoms with E-state index in [2.05, 4.69) is 15.3 Å². The van der Waals surface area contributed by atoms with Crippen molar-refractivity contribution in [3.63, 3.8) is 0 Å². The highest BCUT2D eigenvalue weighted by molar-refractivity contribution is 6.42. The molecule has 2 aliphatic rings. The minimum absolute atomic E-state index is 0.0616. The third-order valence-electron chi connectivity index (χ3n) is 4.14. The van der Waals surface area contributed by atoms with E-state index in [4.69, 9.17) is 28.3 Å². The highest BCUT2D eigenvalue weighted by Gasteiger charge is 2.44. The van der Waals surface area contributed by atoms with E-state index >= 15 is 0 Å². The van der Waals surface area contributed by atoms with Gasteiger partial charge in [0.25, 0.3) is 5.91 Å². The van der Waals surface area contributed by atoms with Gasteiger partial charge < -0.3 is 15.3 Å². The van der Waals surface area contributed by atoms with Crippen LogP contribution in [-0.4, -0.2) is 65.5 Å². The van der Waals surface area contributed by atoms with Crippen molar-refractivity contribution in [1.82, 2.24) is 15.1 Å². The van der Waals surface area contributed by atoms with E-state index in [0.29, 0.717) is 35.5 Å². The summed E-state index contributed by atoms with van der Waals surface area (Å²) in [4.78, 5) is 25.0. The van der Waals surface area contributed by atoms with Crippen LogP contribution in [-0.2, 0) is 11.3 Å². The lowest BCUT2D eigenvalue weighted by molar-refractivity contribution is -0.132. The van der Waals surface area contributed by atoms with Crippen molar-refractivity contribution in [2.45, 2.75) is 25.2 Å². The Labute approximate surface area is 155 Å². The molecule has 1 amide bonds. The molecule has 0 aliphatic carbocycles. The molecule has 0 bridgehead atoms. The minimum Gasteiger partial charge on any atom is -0.396 e. The third-order valence-corrected chi connectivity index (χ3v) is 4.88. The smallest absolute Gasteiger partial charge is 0.254 e. The Morgan fingerprint density at radius 3 is 2.88 bits per heavy atom. The van der Waals surface area contributed by atoms with Crippen molar-refractivity contribution in [1.29, 1.82) is 0 Å². The van der Waals surface area contributed by atoms with Crippen LogP contribution in [0.5, 0.6) is 0 Å². The van der Waals surface area contributed by atoms with Crippen LogP contribution in [0.1, 0.15) is 12.0 Å². The number of nitrogens with zero attached hydrogens (tertiary/aromatic N) is 4. The fraction of sp³-hybridized carbons (Fsp3) is 0.438. The molecule has 0 spiro atoms. The van der Waals surface area contributed by atoms with Crippen molar-refractivity contribution < 1.29 is 9.90 Å². The second kappa shape index (κ2) is 7.59. The zero-order chi connectivity index (χ0) is 18.0. The van der Waals surface area contributed by atoms with Crippen LogP contribution in [0.25, 0.3) is 0 Å². The number of likely N-dealkylation sites (N-methyl/N-ethyl adjacent to an activating group) is 1. The molecule has 0 radical (unpaired) electrons. The Kier molecular flexibility index (Phi) is 5.46. The van der Waals surface area contributed by atoms with Crippen LogP contribution in [0.4, 0.5) is 0 Å². The van der Waals surface area contributed by atoms with E-state index in [-0.39, 0.29) is 18.7 Å². The molecule has 1 aromatic rings. The maximum absolute atomic E-state index is 12.8. The largest absolute Gasteiger partial charge is 0.396 e. The molecule has 1 saturated heterocycles. The molecule has 0 saturated carbocycles. The first-order valence-corrected chi connectivity index (χ1v) is 8.69. The number of fused-ring (bicyclic) bond motifs is 1. The zero-order valence-corrected chi connectivity index (χ0v) is 15.2. The van der Waals surface area contributed by atoms with E-state index in [9.17, 15) is 4.79 Å². The van der Waals surface area contributed by atoms with Crippen molar-refractivity contribution in [3.05, 3.63) is 33.8 Å². The topological polar surface area (TPSA) is 80.5 Å². The first-order chi connectivity index (χ1) is 12.0. The van der Waals surface area contributed by atoms with Gasteiger partial charge in [0.05, 0.1) is 22.9 Å². The minimum atomic E-state index is -0.444. The molecular formula is C16H19Cl2N5O2. The monoisotopic (exact) mass is 383 g/mol. The highest BCUT2D eigenvalue weighted by Crippen LogP contribution is 2.25. The first kappa shape index (κ1) is 18.0. The third kappa shape index (κ3) is 3.73. The summed E-state index contributed by atoms with van der Waals surface area (Å²) in [7, 11) is 1.81. The lowest BCUT2D eigenvalue weighted by atomic mass is 10.1. The van der Waals surface area contributed by atoms with Crippen LogP contribution in [0.3, 0.4) is 0 Å². The predicted octanol–water partition coefficient (Wildman–Crippen LogP) is 1.33. The molecule has 0 aromatic heterocycles. The van der Waals surface area contributed by atoms with Gasteiger partial charge >= 0.3 is 0 Å². The molecule has 2 unspecified atom stereocenters. The second-order valence-electron chi connectivity index (χ2n) is 5.91. The molecule has 25 heavy (non-hydrogen) atoms. The van der Waals surface area contributed by atoms with Crippen molar-refractivity contribution in [2.75, 3.05) is 20.2 Å². The quantitative estimate of drug-likeness (QED) is 0.751. The van der Waals surface area contributed by atoms with Crippen LogP contribution in [0.2, 0.25) is 10.0 Å². The van der Waals surface area contributed by atoms with E-state index in [1.54, 1.807) is 28.3 Å². The molecule has 9 heteroatoms. The van der Waals surface area contributed by atoms with Gasteiger partial charge in [0.15, 0.2) is 18.2 Å². The summed E-state index contributed by atoms with van der Waals surface area (Å²) in [6, 6.07) is 4.85. The molecule has 134 valence electrons. The van der Waals surface area contributed by atoms with Crippen molar-refractivity contribution >= 4 is 41.4 Å². The predicted molar refractivity (Wildman–Crippen MR) is 98.0 cm³/mol. The number of nitrogens with one attached hydrogen (secondary N) is 1. The Morgan fingerprint density at radius 2 is 2.16 bits per heavy atom. The molecular weight excluding hydrogens is 365 g/mol. The number of hydrogen-bond acceptors (Lipinski definition) is 4. The van der Waals surface area contributed by atoms with Crippen LogP contribution in [0.15, 0.2) is 28.2 Å². The van der Waals surface area contributed by atoms with Gasteiger partial charge in [0, 0.05) is 20.2 Å². The van der Waals surface area contributed by atoms with Gasteiger partial charge in [0.2, 0.25) is 0 Å². The number of aliphatic hydroxyl groups is 1. The fourth-order valence-electron chi connectivity index (χ4n) is 2.82. The Balaban J connectivity index is 1.73. The van der Waals surface area contributed by atoms with E-state index in [1.807, 2.05) is 13.1 Å². The zero-order valence-electron chi connectivity index (χ0n) is 13.7. The molecule has 1 fully saturated rings. The summed E-state index contributed by atoms with van der Waals surface area (Å²) < 4.78 is 0. The molecule has 3 rings (SSSR count). The van der Waals surface area contributed by atoms with Gasteiger partial charge in [-0.2, -0.15) is 0 Å². The molecule has 2 aliphatic heterocycles. The maximum atomic E-state index is 12.8. The number of benzene rings is 1. The van der Waals surface area contributed by atoms with Gasteiger partial charge in [0.1, 0.15) is 0 Å². The summed E-state index contributed by atoms with van der Waals surface area (Å²) in [6.45, 7) is 0.947. The van der Waals surface area contributed by atoms with Crippen LogP contribution >= 0.6 is 23.2 Å². The number of amides is 1. The van der Waals surface area contributed by atoms with Gasteiger partial charge in [-0.05, 0) is 24.1 Å². The number of guanidine groups is 1. The Bertz CT molecular complexity index is 724. The van der Waals surface area contributed by atoms with Gasteiger partial charge in [-0.3, -0.25) is 14.7 Å². The summed E-state index contributed by atoms with van der Waals surface area (Å²) in [6.07, 6.45) is 1.77. The average molecular weight is 384 g/mol. The van der Waals surface area contributed by atoms with Gasteiger partial charge in [-0.15, -0.1) is 0 Å². The summed E-state index contributed by atoms with van der Waals surface area (Å²) in [5.41, 5.74) is 0.873.